The van der Waals surface area contributed by atoms with E-state index >= 15 is 0 Å². The Morgan fingerprint density at radius 2 is 2.22 bits per heavy atom. The minimum Gasteiger partial charge on any atom is -0.459 e. The normalized spacial score (nSPS) is 23.7. The van der Waals surface area contributed by atoms with Gasteiger partial charge in [-0.1, -0.05) is 13.3 Å². The smallest absolute Gasteiger partial charge is 0.339 e. The summed E-state index contributed by atoms with van der Waals surface area (Å²) in [5.74, 6) is 0.396. The van der Waals surface area contributed by atoms with Gasteiger partial charge in [-0.15, -0.1) is 12.6 Å². The number of esters is 1. The minimum absolute atomic E-state index is 0.0664. The summed E-state index contributed by atoms with van der Waals surface area (Å²) < 4.78 is 6.34. The summed E-state index contributed by atoms with van der Waals surface area (Å²) in [5.41, 5.74) is 0.556. The second kappa shape index (κ2) is 6.11. The second-order valence-corrected chi connectivity index (χ2v) is 6.33. The molecule has 1 aromatic carbocycles. The zero-order valence-corrected chi connectivity index (χ0v) is 12.8. The molecule has 0 aromatic heterocycles. The molecule has 4 heteroatoms. The third-order valence-corrected chi connectivity index (χ3v) is 4.30. The van der Waals surface area contributed by atoms with Crippen LogP contribution in [0.5, 0.6) is 0 Å². The van der Waals surface area contributed by atoms with Gasteiger partial charge in [-0.25, -0.2) is 4.79 Å². The van der Waals surface area contributed by atoms with E-state index in [2.05, 4.69) is 35.5 Å². The second-order valence-electron chi connectivity index (χ2n) is 4.96. The van der Waals surface area contributed by atoms with Crippen molar-refractivity contribution >= 4 is 34.5 Å². The molecule has 2 atom stereocenters. The number of hydrogen-bond acceptors (Lipinski definition) is 3. The fraction of sp³-hybridized carbons (Fsp3) is 0.500. The molecule has 0 aliphatic heterocycles. The van der Waals surface area contributed by atoms with Crippen LogP contribution in [0.3, 0.4) is 0 Å². The first-order valence-corrected chi connectivity index (χ1v) is 7.50. The lowest BCUT2D eigenvalue weighted by Gasteiger charge is -2.26. The average Bonchev–Trinajstić information content (AvgIpc) is 2.32. The average molecular weight is 329 g/mol. The highest BCUT2D eigenvalue weighted by molar-refractivity contribution is 9.10. The molecule has 0 N–H and O–H groups in total. The predicted molar refractivity (Wildman–Crippen MR) is 78.2 cm³/mol. The predicted octanol–water partition coefficient (Wildman–Crippen LogP) is 4.47. The van der Waals surface area contributed by atoms with Crippen molar-refractivity contribution in [2.75, 3.05) is 0 Å². The van der Waals surface area contributed by atoms with E-state index in [1.807, 2.05) is 12.1 Å². The van der Waals surface area contributed by atoms with Gasteiger partial charge in [-0.05, 0) is 59.3 Å². The monoisotopic (exact) mass is 328 g/mol. The van der Waals surface area contributed by atoms with Gasteiger partial charge in [0.25, 0.3) is 0 Å². The summed E-state index contributed by atoms with van der Waals surface area (Å²) in [6.45, 7) is 2.21. The van der Waals surface area contributed by atoms with Crippen LogP contribution in [0.1, 0.15) is 43.0 Å². The minimum atomic E-state index is -0.253. The first kappa shape index (κ1) is 13.9. The summed E-state index contributed by atoms with van der Waals surface area (Å²) >= 11 is 7.62. The lowest BCUT2D eigenvalue weighted by molar-refractivity contribution is 0.0154. The van der Waals surface area contributed by atoms with Crippen LogP contribution in [0.4, 0.5) is 0 Å². The van der Waals surface area contributed by atoms with Gasteiger partial charge in [0.05, 0.1) is 5.56 Å². The molecule has 1 saturated carbocycles. The molecule has 2 rings (SSSR count). The van der Waals surface area contributed by atoms with Crippen LogP contribution in [-0.2, 0) is 4.74 Å². The summed E-state index contributed by atoms with van der Waals surface area (Å²) in [7, 11) is 0. The van der Waals surface area contributed by atoms with Crippen molar-refractivity contribution in [3.05, 3.63) is 28.2 Å². The molecule has 98 valence electrons. The standard InChI is InChI=1S/C14H17BrO2S/c1-9-3-2-4-10(7-9)17-14(16)12-8-11(18)5-6-13(12)15/h5-6,8-10,18H,2-4,7H2,1H3. The molecule has 0 saturated heterocycles. The number of carbonyl (C=O) groups is 1. The summed E-state index contributed by atoms with van der Waals surface area (Å²) in [6, 6.07) is 5.40. The van der Waals surface area contributed by atoms with Gasteiger partial charge >= 0.3 is 5.97 Å². The lowest BCUT2D eigenvalue weighted by Crippen LogP contribution is -2.24. The number of carbonyl (C=O) groups excluding carboxylic acids is 1. The zero-order chi connectivity index (χ0) is 13.1. The topological polar surface area (TPSA) is 26.3 Å². The molecule has 2 unspecified atom stereocenters. The highest BCUT2D eigenvalue weighted by atomic mass is 79.9. The van der Waals surface area contributed by atoms with E-state index in [9.17, 15) is 4.79 Å². The highest BCUT2D eigenvalue weighted by Crippen LogP contribution is 2.28. The largest absolute Gasteiger partial charge is 0.459 e. The third kappa shape index (κ3) is 3.51. The van der Waals surface area contributed by atoms with Crippen LogP contribution in [0.25, 0.3) is 0 Å². The van der Waals surface area contributed by atoms with E-state index < -0.39 is 0 Å². The highest BCUT2D eigenvalue weighted by Gasteiger charge is 2.23. The van der Waals surface area contributed by atoms with E-state index in [0.29, 0.717) is 11.5 Å². The number of rotatable bonds is 2. The molecule has 1 aromatic rings. The number of halogens is 1. The van der Waals surface area contributed by atoms with E-state index in [0.717, 1.165) is 28.6 Å². The van der Waals surface area contributed by atoms with Gasteiger partial charge in [0.15, 0.2) is 0 Å². The molecule has 1 aliphatic carbocycles. The van der Waals surface area contributed by atoms with Crippen molar-refractivity contribution in [1.82, 2.24) is 0 Å². The maximum atomic E-state index is 12.1. The van der Waals surface area contributed by atoms with E-state index in [1.165, 1.54) is 6.42 Å². The SMILES string of the molecule is CC1CCCC(OC(=O)c2cc(S)ccc2Br)C1. The Morgan fingerprint density at radius 3 is 2.94 bits per heavy atom. The van der Waals surface area contributed by atoms with Gasteiger partial charge in [0.1, 0.15) is 6.10 Å². The quantitative estimate of drug-likeness (QED) is 0.640. The molecule has 1 aliphatic rings. The molecular weight excluding hydrogens is 312 g/mol. The van der Waals surface area contributed by atoms with Crippen molar-refractivity contribution in [2.24, 2.45) is 5.92 Å². The van der Waals surface area contributed by atoms with Gasteiger partial charge in [0.2, 0.25) is 0 Å². The number of thiol groups is 1. The number of ether oxygens (including phenoxy) is 1. The van der Waals surface area contributed by atoms with Gasteiger partial charge in [-0.2, -0.15) is 0 Å². The van der Waals surface area contributed by atoms with Crippen molar-refractivity contribution < 1.29 is 9.53 Å². The summed E-state index contributed by atoms with van der Waals surface area (Å²) in [6.07, 6.45) is 4.41. The molecule has 1 fully saturated rings. The molecule has 18 heavy (non-hydrogen) atoms. The van der Waals surface area contributed by atoms with Crippen molar-refractivity contribution in [2.45, 2.75) is 43.6 Å². The number of benzene rings is 1. The summed E-state index contributed by atoms with van der Waals surface area (Å²) in [4.78, 5) is 12.9. The van der Waals surface area contributed by atoms with Crippen LogP contribution in [0.2, 0.25) is 0 Å². The van der Waals surface area contributed by atoms with E-state index in [4.69, 9.17) is 4.74 Å². The third-order valence-electron chi connectivity index (χ3n) is 3.33. The van der Waals surface area contributed by atoms with Crippen molar-refractivity contribution in [1.29, 1.82) is 0 Å². The van der Waals surface area contributed by atoms with Crippen LogP contribution < -0.4 is 0 Å². The Morgan fingerprint density at radius 1 is 1.44 bits per heavy atom. The van der Waals surface area contributed by atoms with Crippen molar-refractivity contribution in [3.8, 4) is 0 Å². The Balaban J connectivity index is 2.05. The zero-order valence-electron chi connectivity index (χ0n) is 10.4. The molecule has 2 nitrogen and oxygen atoms in total. The molecule has 0 amide bonds. The van der Waals surface area contributed by atoms with Gasteiger partial charge in [0, 0.05) is 9.37 Å². The first-order valence-electron chi connectivity index (χ1n) is 6.25. The van der Waals surface area contributed by atoms with Crippen LogP contribution in [0.15, 0.2) is 27.6 Å². The maximum absolute atomic E-state index is 12.1. The van der Waals surface area contributed by atoms with Crippen LogP contribution in [0, 0.1) is 5.92 Å². The van der Waals surface area contributed by atoms with Gasteiger partial charge < -0.3 is 4.74 Å². The fourth-order valence-electron chi connectivity index (χ4n) is 2.37. The Kier molecular flexibility index (Phi) is 4.73. The molecule has 0 bridgehead atoms. The van der Waals surface area contributed by atoms with E-state index in [1.54, 1.807) is 6.07 Å². The molecule has 0 spiro atoms. The maximum Gasteiger partial charge on any atom is 0.339 e. The Bertz CT molecular complexity index is 447. The van der Waals surface area contributed by atoms with E-state index in [-0.39, 0.29) is 12.1 Å². The van der Waals surface area contributed by atoms with Crippen molar-refractivity contribution in [3.63, 3.8) is 0 Å². The van der Waals surface area contributed by atoms with Gasteiger partial charge in [-0.3, -0.25) is 0 Å². The Labute approximate surface area is 122 Å². The summed E-state index contributed by atoms with van der Waals surface area (Å²) in [5, 5.41) is 0. The first-order chi connectivity index (χ1) is 8.56. The molecule has 0 radical (unpaired) electrons. The Hall–Kier alpha value is -0.480. The number of hydrogen-bond donors (Lipinski definition) is 1. The van der Waals surface area contributed by atoms with Crippen LogP contribution in [-0.4, -0.2) is 12.1 Å². The lowest BCUT2D eigenvalue weighted by atomic mass is 9.89. The fourth-order valence-corrected chi connectivity index (χ4v) is 2.98. The molecule has 0 heterocycles. The molecular formula is C14H17BrO2S. The van der Waals surface area contributed by atoms with Crippen LogP contribution >= 0.6 is 28.6 Å².